The molecule has 0 fully saturated rings. The zero-order valence-electron chi connectivity index (χ0n) is 84.7. The van der Waals surface area contributed by atoms with Gasteiger partial charge in [0.25, 0.3) is 23.6 Å². The highest BCUT2D eigenvalue weighted by atomic mass is 16.6. The lowest BCUT2D eigenvalue weighted by Crippen LogP contribution is -2.57. The predicted octanol–water partition coefficient (Wildman–Crippen LogP) is -1.92. The van der Waals surface area contributed by atoms with Crippen LogP contribution in [0.1, 0.15) is 210 Å². The van der Waals surface area contributed by atoms with Crippen LogP contribution in [0.25, 0.3) is 0 Å². The number of nitrogens with one attached hydrogen (secondary N) is 18. The van der Waals surface area contributed by atoms with Gasteiger partial charge in [-0.3, -0.25) is 81.5 Å². The van der Waals surface area contributed by atoms with Gasteiger partial charge in [0.2, 0.25) is 65.0 Å². The average molecular weight is 2050 g/mol. The number of unbranched alkanes of at least 4 members (excludes halogenated alkanes) is 4. The molecule has 12 unspecified atom stereocenters. The number of hydrogen-bond acceptors (Lipinski definition) is 31. The third-order valence-electron chi connectivity index (χ3n) is 21.4. The molecule has 0 saturated heterocycles. The van der Waals surface area contributed by atoms with Crippen molar-refractivity contribution in [1.29, 1.82) is 0 Å². The first-order valence-electron chi connectivity index (χ1n) is 48.3. The second-order valence-electron chi connectivity index (χ2n) is 34.1. The fourth-order valence-corrected chi connectivity index (χ4v) is 13.2. The molecule has 0 aliphatic carbocycles. The summed E-state index contributed by atoms with van der Waals surface area (Å²) >= 11 is 0. The van der Waals surface area contributed by atoms with Crippen molar-refractivity contribution in [3.05, 3.63) is 58.7 Å². The lowest BCUT2D eigenvalue weighted by molar-refractivity contribution is -0.149. The number of urea groups is 1. The zero-order valence-corrected chi connectivity index (χ0v) is 84.7. The Hall–Kier alpha value is -12.9. The molecule has 0 bridgehead atoms. The Morgan fingerprint density at radius 1 is 0.375 bits per heavy atom. The number of nitrogens with two attached hydrogens (primary N) is 2. The van der Waals surface area contributed by atoms with Crippen molar-refractivity contribution in [2.45, 2.75) is 252 Å². The molecule has 18 amide bonds. The van der Waals surface area contributed by atoms with Crippen LogP contribution in [-0.4, -0.2) is 350 Å². The number of carbonyl (C=O) groups excluding carboxylic acids is 17. The van der Waals surface area contributed by atoms with E-state index in [9.17, 15) is 111 Å². The molecule has 0 aliphatic heterocycles. The summed E-state index contributed by atoms with van der Waals surface area (Å²) in [5.41, 5.74) is 11.3. The molecule has 51 nitrogen and oxygen atoms in total. The summed E-state index contributed by atoms with van der Waals surface area (Å²) in [5.74, 6) is -16.2. The largest absolute Gasteiger partial charge is 0.480 e. The second kappa shape index (κ2) is 72.3. The lowest BCUT2D eigenvalue weighted by atomic mass is 9.99. The van der Waals surface area contributed by atoms with E-state index < -0.39 is 198 Å². The molecule has 25 N–H and O–H groups in total. The number of anilines is 2. The van der Waals surface area contributed by atoms with E-state index in [2.05, 4.69) is 95.7 Å². The molecule has 0 heterocycles. The van der Waals surface area contributed by atoms with Gasteiger partial charge in [0.05, 0.1) is 102 Å². The van der Waals surface area contributed by atoms with Crippen LogP contribution in [0.5, 0.6) is 0 Å². The standard InChI is InChI=1S/C93H153N21O30/c1-14-23-70(113-87(128)75(95)55(2)3)86(127)112-74(24-15-19-32-94)85(126)111-67-30-28-65(29-31-67)54-144-93(137)114(61(9)91(134)135)88(129)58(6)105-84(125)73(110-64(12)117)27-16-20-33-98-79(120)66-52-68(80(121)99-34-21-17-25-71(108-62(10)115)82(123)103-56(4)77(118)106-59(7)89(130)131)76(69(53-66)81(122)100-35-22-18-26-72(109-63(11)116)83(124)104-57(5)78(119)107-60(8)90(132)133)97-37-41-138-42-38-101-92(136)102-39-43-140-45-47-142-49-51-143-50-48-141-46-44-139-40-36-96-13/h28-31,52-53,55-61,70-75,96-97H,14-27,32-51,54,94-95H2,1-13H3,(H,98,120)(H,99,121)(H,100,122)(H,103,123)(H,104,124)(H,105,125)(H,106,118)(H,107,119)(H,108,115)(H,109,116)(H,110,117)(H,111,126)(H,112,127)(H,113,128)(H,130,131)(H,132,133)(H,134,135)(H2,101,102,136). The number of hydrogen-bond donors (Lipinski definition) is 23. The molecule has 0 spiro atoms. The van der Waals surface area contributed by atoms with Gasteiger partial charge < -0.3 is 156 Å². The Balaban J connectivity index is 2.50. The van der Waals surface area contributed by atoms with E-state index in [-0.39, 0.29) is 182 Å². The van der Waals surface area contributed by atoms with Crippen molar-refractivity contribution < 1.29 is 144 Å². The fourth-order valence-electron chi connectivity index (χ4n) is 13.2. The number of carboxylic acid groups (broad SMARTS) is 3. The first-order chi connectivity index (χ1) is 68.4. The topological polar surface area (TPSA) is 739 Å². The quantitative estimate of drug-likeness (QED) is 0.0321. The molecule has 810 valence electrons. The Morgan fingerprint density at radius 2 is 0.736 bits per heavy atom. The summed E-state index contributed by atoms with van der Waals surface area (Å²) in [4.78, 5) is 264. The van der Waals surface area contributed by atoms with Gasteiger partial charge in [0.1, 0.15) is 73.1 Å². The van der Waals surface area contributed by atoms with Gasteiger partial charge in [0, 0.05) is 77.8 Å². The molecule has 0 aromatic heterocycles. The average Bonchev–Trinajstić information content (AvgIpc) is 0.810. The maximum absolute atomic E-state index is 14.8. The third kappa shape index (κ3) is 52.9. The molecule has 51 heteroatoms. The lowest BCUT2D eigenvalue weighted by Gasteiger charge is -2.28. The summed E-state index contributed by atoms with van der Waals surface area (Å²) in [6.45, 7) is 19.7. The van der Waals surface area contributed by atoms with Crippen LogP contribution in [0.15, 0.2) is 36.4 Å². The minimum atomic E-state index is -1.87. The van der Waals surface area contributed by atoms with Gasteiger partial charge in [-0.1, -0.05) is 39.3 Å². The molecular formula is C93H153N21O30. The Morgan fingerprint density at radius 3 is 1.13 bits per heavy atom. The SMILES string of the molecule is CCCC(NC(=O)C(N)C(C)C)C(=O)NC(CCCCN)C(=O)Nc1ccc(COC(=O)N(C(=O)C(C)NC(=O)C(CCCCNC(=O)c2cc(C(=O)NCCCCC(NC(C)=O)C(=O)NC(C)C(=O)NC(C)C(=O)O)c(NCCOCCNC(=O)NCCOCCOCCOCCOCCOCCNC)c(C(=O)NCCCCC(NC(C)=O)C(=O)NC(C)C(=O)NC(C)C(=O)O)c2)NC(C)=O)C(C)C(=O)O)cc1. The number of carbonyl (C=O) groups is 20. The van der Waals surface area contributed by atoms with Crippen molar-refractivity contribution >= 4 is 130 Å². The van der Waals surface area contributed by atoms with Crippen LogP contribution < -0.4 is 107 Å². The maximum Gasteiger partial charge on any atom is 0.417 e. The number of benzene rings is 2. The number of carboxylic acids is 3. The van der Waals surface area contributed by atoms with E-state index >= 15 is 0 Å². The van der Waals surface area contributed by atoms with Crippen molar-refractivity contribution in [2.24, 2.45) is 17.4 Å². The van der Waals surface area contributed by atoms with Gasteiger partial charge in [-0.15, -0.1) is 0 Å². The normalized spacial score (nSPS) is 13.5. The minimum Gasteiger partial charge on any atom is -0.480 e. The molecule has 2 rings (SSSR count). The number of ether oxygens (including phenoxy) is 7. The third-order valence-corrected chi connectivity index (χ3v) is 21.4. The maximum atomic E-state index is 14.8. The molecule has 2 aromatic rings. The number of aliphatic carboxylic acids is 3. The van der Waals surface area contributed by atoms with Crippen molar-refractivity contribution in [1.82, 2.24) is 90.0 Å². The highest BCUT2D eigenvalue weighted by Crippen LogP contribution is 2.26. The van der Waals surface area contributed by atoms with Gasteiger partial charge in [-0.2, -0.15) is 0 Å². The van der Waals surface area contributed by atoms with Crippen LogP contribution in [0.4, 0.5) is 21.0 Å². The minimum absolute atomic E-state index is 0.0131. The highest BCUT2D eigenvalue weighted by molar-refractivity contribution is 6.11. The zero-order chi connectivity index (χ0) is 108. The molecule has 144 heavy (non-hydrogen) atoms. The molecule has 2 aromatic carbocycles. The number of likely N-dealkylation sites (N-methyl/N-ethyl adjacent to an activating group) is 1. The first kappa shape index (κ1) is 127. The fraction of sp³-hybridized carbons (Fsp3) is 0.656. The number of amides is 18. The molecule has 0 aliphatic rings. The Bertz CT molecular complexity index is 4320. The second-order valence-corrected chi connectivity index (χ2v) is 34.1. The monoisotopic (exact) mass is 2040 g/mol. The Labute approximate surface area is 838 Å². The van der Waals surface area contributed by atoms with Crippen molar-refractivity contribution in [2.75, 3.05) is 149 Å². The summed E-state index contributed by atoms with van der Waals surface area (Å²) in [6.07, 6.45) is 0.933. The molecule has 12 atom stereocenters. The molecule has 0 radical (unpaired) electrons. The van der Waals surface area contributed by atoms with Crippen molar-refractivity contribution in [3.63, 3.8) is 0 Å². The van der Waals surface area contributed by atoms with Crippen LogP contribution >= 0.6 is 0 Å². The van der Waals surface area contributed by atoms with E-state index in [1.54, 1.807) is 13.8 Å². The first-order valence-corrected chi connectivity index (χ1v) is 48.3. The summed E-state index contributed by atoms with van der Waals surface area (Å²) in [7, 11) is 1.84. The van der Waals surface area contributed by atoms with E-state index in [1.807, 2.05) is 14.0 Å². The van der Waals surface area contributed by atoms with E-state index in [0.29, 0.717) is 77.6 Å². The van der Waals surface area contributed by atoms with E-state index in [1.165, 1.54) is 64.1 Å². The predicted molar refractivity (Wildman–Crippen MR) is 524 cm³/mol. The molecule has 0 saturated carbocycles. The summed E-state index contributed by atoms with van der Waals surface area (Å²) in [6, 6.07) is -7.70. The van der Waals surface area contributed by atoms with Gasteiger partial charge in [-0.05, 0) is 174 Å². The smallest absolute Gasteiger partial charge is 0.417 e. The van der Waals surface area contributed by atoms with Crippen LogP contribution in [0.3, 0.4) is 0 Å². The Kier molecular flexibility index (Phi) is 63.9. The summed E-state index contributed by atoms with van der Waals surface area (Å²) in [5, 5.41) is 75.8. The highest BCUT2D eigenvalue weighted by Gasteiger charge is 2.38. The van der Waals surface area contributed by atoms with Gasteiger partial charge in [-0.25, -0.2) is 19.3 Å². The summed E-state index contributed by atoms with van der Waals surface area (Å²) < 4.78 is 38.7. The number of rotatable bonds is 76. The van der Waals surface area contributed by atoms with E-state index in [0.717, 1.165) is 41.2 Å². The van der Waals surface area contributed by atoms with Crippen LogP contribution in [0.2, 0.25) is 0 Å². The van der Waals surface area contributed by atoms with Crippen LogP contribution in [-0.2, 0) is 112 Å². The van der Waals surface area contributed by atoms with Gasteiger partial charge in [0.15, 0.2) is 0 Å². The van der Waals surface area contributed by atoms with Gasteiger partial charge >= 0.3 is 30.0 Å². The number of nitrogens with zero attached hydrogens (tertiary/aromatic N) is 1. The number of imide groups is 1. The molecular weight excluding hydrogens is 1890 g/mol. The van der Waals surface area contributed by atoms with Crippen LogP contribution in [0, 0.1) is 5.92 Å². The van der Waals surface area contributed by atoms with Crippen molar-refractivity contribution in [3.8, 4) is 0 Å². The van der Waals surface area contributed by atoms with E-state index in [4.69, 9.17) is 44.6 Å².